The molecule has 0 spiro atoms. The number of benzene rings is 5. The molecule has 2 aromatic heterocycles. The van der Waals surface area contributed by atoms with Crippen LogP contribution in [0.2, 0.25) is 0 Å². The number of aromatic nitrogens is 2. The molecule has 0 bridgehead atoms. The van der Waals surface area contributed by atoms with Gasteiger partial charge in [0.05, 0.1) is 0 Å². The summed E-state index contributed by atoms with van der Waals surface area (Å²) < 4.78 is 27.7. The van der Waals surface area contributed by atoms with E-state index in [1.807, 2.05) is 18.2 Å². The molecule has 0 saturated heterocycles. The van der Waals surface area contributed by atoms with Crippen LogP contribution in [0.1, 0.15) is 9.68 Å². The summed E-state index contributed by atoms with van der Waals surface area (Å²) >= 11 is 0.635. The number of para-hydroxylation sites is 1. The first-order valence-corrected chi connectivity index (χ1v) is 17.8. The van der Waals surface area contributed by atoms with E-state index in [2.05, 4.69) is 108 Å². The Morgan fingerprint density at radius 3 is 2.31 bits per heavy atom. The molecule has 6 heteroatoms. The van der Waals surface area contributed by atoms with Gasteiger partial charge in [0.2, 0.25) is 0 Å². The summed E-state index contributed by atoms with van der Waals surface area (Å²) in [5.41, 5.74) is 9.62. The fourth-order valence-corrected chi connectivity index (χ4v) is 11.3. The van der Waals surface area contributed by atoms with Crippen molar-refractivity contribution in [2.75, 3.05) is 0 Å². The second kappa shape index (κ2) is 13.0. The van der Waals surface area contributed by atoms with Crippen LogP contribution in [0.25, 0.3) is 33.4 Å². The molecule has 9 rings (SSSR count). The van der Waals surface area contributed by atoms with E-state index < -0.39 is 6.85 Å². The van der Waals surface area contributed by atoms with Crippen LogP contribution >= 0.6 is 0 Å². The molecule has 4 heterocycles. The Hall–Kier alpha value is -3.59. The molecule has 0 amide bonds. The van der Waals surface area contributed by atoms with Crippen LogP contribution < -0.4 is 34.2 Å². The summed E-state index contributed by atoms with van der Waals surface area (Å²) in [6.07, 6.45) is 1.39. The molecule has 1 radical (unpaired) electrons. The van der Waals surface area contributed by atoms with Crippen molar-refractivity contribution >= 4 is 81.8 Å². The molecule has 0 aliphatic carbocycles. The van der Waals surface area contributed by atoms with Gasteiger partial charge in [-0.3, -0.25) is 0 Å². The maximum atomic E-state index is 7.23. The molecule has 7 aromatic rings. The third-order valence-corrected chi connectivity index (χ3v) is 12.9. The molecule has 2 nitrogen and oxygen atoms in total. The molecule has 217 valence electrons. The van der Waals surface area contributed by atoms with Gasteiger partial charge in [-0.15, -0.1) is 35.9 Å². The van der Waals surface area contributed by atoms with Gasteiger partial charge in [0.15, 0.2) is 0 Å². The van der Waals surface area contributed by atoms with E-state index in [9.17, 15) is 0 Å². The molecule has 0 N–H and O–H groups in total. The number of fused-ring (bicyclic) bond motifs is 5. The molecule has 0 fully saturated rings. The van der Waals surface area contributed by atoms with Crippen molar-refractivity contribution in [3.05, 3.63) is 151 Å². The third-order valence-electron chi connectivity index (χ3n) is 7.87. The summed E-state index contributed by atoms with van der Waals surface area (Å²) in [6, 6.07) is 50.5. The van der Waals surface area contributed by atoms with E-state index in [1.165, 1.54) is 41.5 Å². The Morgan fingerprint density at radius 1 is 0.667 bits per heavy atom. The van der Waals surface area contributed by atoms with Crippen LogP contribution in [0.3, 0.4) is 0 Å². The van der Waals surface area contributed by atoms with Crippen molar-refractivity contribution in [3.63, 3.8) is 0 Å². The minimum absolute atomic E-state index is 0. The van der Waals surface area contributed by atoms with Gasteiger partial charge in [0.25, 0.3) is 0 Å². The van der Waals surface area contributed by atoms with E-state index in [-0.39, 0.29) is 40.6 Å². The zero-order chi connectivity index (χ0) is 32.0. The van der Waals surface area contributed by atoms with Gasteiger partial charge < -0.3 is 4.98 Å². The van der Waals surface area contributed by atoms with Crippen molar-refractivity contribution < 1.29 is 24.2 Å². The van der Waals surface area contributed by atoms with Crippen LogP contribution in [0.5, 0.6) is 0 Å². The van der Waals surface area contributed by atoms with Gasteiger partial charge in [-0.2, -0.15) is 0 Å². The predicted octanol–water partition coefficient (Wildman–Crippen LogP) is 3.01. The number of aryl methyl sites for hydroxylation is 1. The first-order valence-electron chi connectivity index (χ1n) is 15.9. The van der Waals surface area contributed by atoms with E-state index in [4.69, 9.17) is 9.10 Å². The quantitative estimate of drug-likeness (QED) is 0.198. The molecule has 2 aliphatic heterocycles. The van der Waals surface area contributed by atoms with Gasteiger partial charge in [0.1, 0.15) is 0 Å². The fourth-order valence-electron chi connectivity index (χ4n) is 5.84. The van der Waals surface area contributed by atoms with Crippen LogP contribution in [-0.2, 0) is 20.1 Å². The zero-order valence-electron chi connectivity index (χ0n) is 26.8. The van der Waals surface area contributed by atoms with Crippen molar-refractivity contribution in [1.82, 2.24) is 9.97 Å². The summed E-state index contributed by atoms with van der Waals surface area (Å²) in [6.45, 7) is -1.76. The van der Waals surface area contributed by atoms with Crippen LogP contribution in [0, 0.1) is 19.0 Å². The first-order chi connectivity index (χ1) is 22.9. The average molecular weight is 886 g/mol. The Morgan fingerprint density at radius 2 is 1.47 bits per heavy atom. The average Bonchev–Trinajstić information content (AvgIpc) is 3.11. The first kappa shape index (κ1) is 26.6. The maximum absolute atomic E-state index is 7.23. The van der Waals surface area contributed by atoms with Gasteiger partial charge in [0, 0.05) is 30.4 Å². The summed E-state index contributed by atoms with van der Waals surface area (Å²) in [4.78, 5) is 9.14. The van der Waals surface area contributed by atoms with Crippen molar-refractivity contribution in [2.24, 2.45) is 0 Å². The van der Waals surface area contributed by atoms with E-state index in [0.717, 1.165) is 22.5 Å². The molecule has 0 saturated carbocycles. The van der Waals surface area contributed by atoms with Crippen LogP contribution in [0.4, 0.5) is 0 Å². The molecule has 45 heavy (non-hydrogen) atoms. The van der Waals surface area contributed by atoms with E-state index in [0.29, 0.717) is 21.7 Å². The second-order valence-corrected chi connectivity index (χ2v) is 15.1. The van der Waals surface area contributed by atoms with Gasteiger partial charge in [-0.1, -0.05) is 12.1 Å². The molecule has 2 aliphatic rings. The summed E-state index contributed by atoms with van der Waals surface area (Å²) in [5, 5.41) is 1.18. The summed E-state index contributed by atoms with van der Waals surface area (Å²) in [7, 11) is 0. The van der Waals surface area contributed by atoms with Crippen molar-refractivity contribution in [3.8, 4) is 22.5 Å². The molecule has 0 unspecified atom stereocenters. The predicted molar refractivity (Wildman–Crippen MR) is 187 cm³/mol. The van der Waals surface area contributed by atoms with Crippen molar-refractivity contribution in [1.29, 1.82) is 0 Å². The standard InChI is InChI=1S/C27H15BNSe2.C12H10N.Ir/c1-3-11-21-17(7-1)15-16-22(29-21)18-8-5-10-20-27(18)31-25-14-6-13-24-26(25)28(20)19-9-2-4-12-23(19)30-24;1-10-7-8-12(13-9-10)11-5-3-2-4-6-11;/h1-7,9-16H;2-5,7-9H,1H3;/q2*-1;/i;1D3;. The van der Waals surface area contributed by atoms with Crippen LogP contribution in [-0.4, -0.2) is 46.6 Å². The zero-order valence-corrected chi connectivity index (χ0v) is 29.6. The SMILES string of the molecule is [2H]C([2H])([2H])c1ccc(-c2[c-]cccc2)nc1.[Ir].[c-]1ccc2c(c1-c1ccc3ccccc3n1)[Se]c1cccc3c1B2c1ccccc1[Se]3. The number of rotatable bonds is 2. The summed E-state index contributed by atoms with van der Waals surface area (Å²) in [5.74, 6) is 0. The number of pyridine rings is 2. The monoisotopic (exact) mass is 888 g/mol. The molecule has 0 atom stereocenters. The normalized spacial score (nSPS) is 13.4. The minimum atomic E-state index is -2.09. The molecule has 5 aromatic carbocycles. The van der Waals surface area contributed by atoms with Gasteiger partial charge in [-0.25, -0.2) is 0 Å². The Labute approximate surface area is 294 Å². The Bertz CT molecular complexity index is 2260. The third kappa shape index (κ3) is 5.80. The van der Waals surface area contributed by atoms with Gasteiger partial charge in [-0.05, 0) is 18.1 Å². The van der Waals surface area contributed by atoms with E-state index in [1.54, 1.807) is 28.1 Å². The van der Waals surface area contributed by atoms with Crippen molar-refractivity contribution in [2.45, 2.75) is 6.85 Å². The number of hydrogen-bond acceptors (Lipinski definition) is 2. The molecular weight excluding hydrogens is 857 g/mol. The molecular formula is C39H25BIrN2Se2-2. The number of hydrogen-bond donors (Lipinski definition) is 0. The van der Waals surface area contributed by atoms with Crippen LogP contribution in [0.15, 0.2) is 134 Å². The Balaban J connectivity index is 0.000000183. The second-order valence-electron chi connectivity index (χ2n) is 10.6. The Kier molecular flexibility index (Phi) is 7.71. The number of nitrogens with zero attached hydrogens (tertiary/aromatic N) is 2. The fraction of sp³-hybridized carbons (Fsp3) is 0.0256. The van der Waals surface area contributed by atoms with E-state index >= 15 is 0 Å². The topological polar surface area (TPSA) is 25.8 Å². The van der Waals surface area contributed by atoms with Gasteiger partial charge >= 0.3 is 195 Å².